The molecule has 1 saturated heterocycles. The van der Waals surface area contributed by atoms with Gasteiger partial charge in [0, 0.05) is 5.33 Å². The van der Waals surface area contributed by atoms with Gasteiger partial charge in [-0.25, -0.2) is 8.42 Å². The number of amides is 2. The summed E-state index contributed by atoms with van der Waals surface area (Å²) < 4.78 is 26.2. The van der Waals surface area contributed by atoms with Crippen molar-refractivity contribution in [3.63, 3.8) is 0 Å². The van der Waals surface area contributed by atoms with Crippen LogP contribution in [0, 0.1) is 0 Å². The van der Waals surface area contributed by atoms with Gasteiger partial charge in [0.25, 0.3) is 0 Å². The van der Waals surface area contributed by atoms with Gasteiger partial charge in [-0.3, -0.25) is 14.9 Å². The van der Waals surface area contributed by atoms with Crippen LogP contribution in [0.2, 0.25) is 0 Å². The summed E-state index contributed by atoms with van der Waals surface area (Å²) in [7, 11) is -3.88. The third kappa shape index (κ3) is 3.17. The van der Waals surface area contributed by atoms with E-state index in [1.54, 1.807) is 19.1 Å². The molecule has 1 aromatic carbocycles. The summed E-state index contributed by atoms with van der Waals surface area (Å²) in [5, 5.41) is 2.78. The van der Waals surface area contributed by atoms with Gasteiger partial charge in [0.2, 0.25) is 21.8 Å². The van der Waals surface area contributed by atoms with E-state index >= 15 is 0 Å². The molecule has 1 fully saturated rings. The van der Waals surface area contributed by atoms with Crippen LogP contribution >= 0.6 is 15.9 Å². The molecule has 0 radical (unpaired) electrons. The standard InChI is InChI=1S/C13H15BrN2O4S/c1-2-11-13(18)15-12(17)8-16(11)21(19,20)10-5-3-9(7-14)4-6-10/h3-6,11H,2,7-8H2,1H3,(H,15,17,18). The SMILES string of the molecule is CCC1C(=O)NC(=O)CN1S(=O)(=O)c1ccc(CBr)cc1. The molecule has 2 amide bonds. The van der Waals surface area contributed by atoms with Crippen molar-refractivity contribution < 1.29 is 18.0 Å². The first kappa shape index (κ1) is 16.1. The molecule has 8 heteroatoms. The number of benzene rings is 1. The summed E-state index contributed by atoms with van der Waals surface area (Å²) >= 11 is 3.29. The quantitative estimate of drug-likeness (QED) is 0.629. The Kier molecular flexibility index (Phi) is 4.80. The minimum atomic E-state index is -3.88. The normalized spacial score (nSPS) is 20.4. The number of nitrogens with zero attached hydrogens (tertiary/aromatic N) is 1. The fraction of sp³-hybridized carbons (Fsp3) is 0.385. The van der Waals surface area contributed by atoms with Crippen LogP contribution in [0.15, 0.2) is 29.2 Å². The molecular weight excluding hydrogens is 360 g/mol. The average molecular weight is 375 g/mol. The molecular formula is C13H15BrN2O4S. The molecule has 0 aliphatic carbocycles. The molecule has 1 atom stereocenters. The zero-order chi connectivity index (χ0) is 15.6. The molecule has 1 aliphatic rings. The Bertz CT molecular complexity index is 657. The Morgan fingerprint density at radius 3 is 2.43 bits per heavy atom. The van der Waals surface area contributed by atoms with E-state index in [9.17, 15) is 18.0 Å². The number of sulfonamides is 1. The van der Waals surface area contributed by atoms with Crippen LogP contribution in [0.4, 0.5) is 0 Å². The molecule has 0 bridgehead atoms. The first-order valence-corrected chi connectivity index (χ1v) is 8.96. The number of alkyl halides is 1. The van der Waals surface area contributed by atoms with Crippen molar-refractivity contribution >= 4 is 37.8 Å². The van der Waals surface area contributed by atoms with Crippen molar-refractivity contribution in [3.8, 4) is 0 Å². The van der Waals surface area contributed by atoms with E-state index in [0.29, 0.717) is 11.8 Å². The van der Waals surface area contributed by atoms with E-state index in [-0.39, 0.29) is 11.4 Å². The van der Waals surface area contributed by atoms with Crippen LogP contribution in [-0.4, -0.2) is 37.1 Å². The fourth-order valence-electron chi connectivity index (χ4n) is 2.17. The van der Waals surface area contributed by atoms with E-state index in [4.69, 9.17) is 0 Å². The van der Waals surface area contributed by atoms with Crippen LogP contribution in [0.3, 0.4) is 0 Å². The lowest BCUT2D eigenvalue weighted by molar-refractivity contribution is -0.137. The predicted molar refractivity (Wildman–Crippen MR) is 80.2 cm³/mol. The summed E-state index contributed by atoms with van der Waals surface area (Å²) in [5.74, 6) is -1.18. The summed E-state index contributed by atoms with van der Waals surface area (Å²) in [6.45, 7) is 1.36. The highest BCUT2D eigenvalue weighted by atomic mass is 79.9. The first-order chi connectivity index (χ1) is 9.90. The highest BCUT2D eigenvalue weighted by Gasteiger charge is 2.40. The number of rotatable bonds is 4. The van der Waals surface area contributed by atoms with Gasteiger partial charge in [0.15, 0.2) is 0 Å². The third-order valence-corrected chi connectivity index (χ3v) is 5.80. The van der Waals surface area contributed by atoms with Crippen molar-refractivity contribution in [2.45, 2.75) is 29.6 Å². The lowest BCUT2D eigenvalue weighted by Gasteiger charge is -2.32. The van der Waals surface area contributed by atoms with E-state index in [0.717, 1.165) is 9.87 Å². The van der Waals surface area contributed by atoms with Gasteiger partial charge in [-0.05, 0) is 24.1 Å². The summed E-state index contributed by atoms with van der Waals surface area (Å²) in [5.41, 5.74) is 0.938. The van der Waals surface area contributed by atoms with Crippen LogP contribution in [0.1, 0.15) is 18.9 Å². The van der Waals surface area contributed by atoms with Crippen molar-refractivity contribution in [1.29, 1.82) is 0 Å². The van der Waals surface area contributed by atoms with E-state index < -0.39 is 27.9 Å². The lowest BCUT2D eigenvalue weighted by Crippen LogP contribution is -2.59. The summed E-state index contributed by atoms with van der Waals surface area (Å²) in [6.07, 6.45) is 0.303. The van der Waals surface area contributed by atoms with Crippen LogP contribution in [-0.2, 0) is 24.9 Å². The van der Waals surface area contributed by atoms with Gasteiger partial charge < -0.3 is 0 Å². The molecule has 0 aromatic heterocycles. The van der Waals surface area contributed by atoms with Gasteiger partial charge in [-0.15, -0.1) is 0 Å². The molecule has 1 aliphatic heterocycles. The van der Waals surface area contributed by atoms with Gasteiger partial charge in [-0.1, -0.05) is 35.0 Å². The van der Waals surface area contributed by atoms with E-state index in [1.807, 2.05) is 0 Å². The van der Waals surface area contributed by atoms with Gasteiger partial charge in [0.05, 0.1) is 11.4 Å². The van der Waals surface area contributed by atoms with Crippen molar-refractivity contribution in [2.75, 3.05) is 6.54 Å². The zero-order valence-corrected chi connectivity index (χ0v) is 13.8. The number of nitrogens with one attached hydrogen (secondary N) is 1. The largest absolute Gasteiger partial charge is 0.294 e. The molecule has 1 N–H and O–H groups in total. The zero-order valence-electron chi connectivity index (χ0n) is 11.4. The maximum absolute atomic E-state index is 12.6. The Morgan fingerprint density at radius 1 is 1.29 bits per heavy atom. The number of carbonyl (C=O) groups is 2. The molecule has 1 aromatic rings. The molecule has 21 heavy (non-hydrogen) atoms. The monoisotopic (exact) mass is 374 g/mol. The Balaban J connectivity index is 2.40. The average Bonchev–Trinajstić information content (AvgIpc) is 2.46. The highest BCUT2D eigenvalue weighted by Crippen LogP contribution is 2.22. The minimum absolute atomic E-state index is 0.0770. The first-order valence-electron chi connectivity index (χ1n) is 6.40. The predicted octanol–water partition coefficient (Wildman–Crippen LogP) is 1.01. The van der Waals surface area contributed by atoms with Gasteiger partial charge in [-0.2, -0.15) is 4.31 Å². The second-order valence-electron chi connectivity index (χ2n) is 4.66. The molecule has 2 rings (SSSR count). The maximum Gasteiger partial charge on any atom is 0.245 e. The maximum atomic E-state index is 12.6. The molecule has 0 spiro atoms. The number of carbonyl (C=O) groups excluding carboxylic acids is 2. The van der Waals surface area contributed by atoms with Crippen molar-refractivity contribution in [1.82, 2.24) is 9.62 Å². The number of hydrogen-bond donors (Lipinski definition) is 1. The van der Waals surface area contributed by atoms with Crippen molar-refractivity contribution in [3.05, 3.63) is 29.8 Å². The fourth-order valence-corrected chi connectivity index (χ4v) is 4.16. The summed E-state index contributed by atoms with van der Waals surface area (Å²) in [6, 6.07) is 5.48. The Hall–Kier alpha value is -1.25. The number of imide groups is 1. The second-order valence-corrected chi connectivity index (χ2v) is 7.12. The van der Waals surface area contributed by atoms with Crippen LogP contribution in [0.5, 0.6) is 0 Å². The van der Waals surface area contributed by atoms with Gasteiger partial charge in [0.1, 0.15) is 6.04 Å². The molecule has 0 saturated carbocycles. The van der Waals surface area contributed by atoms with Gasteiger partial charge >= 0.3 is 0 Å². The van der Waals surface area contributed by atoms with Crippen LogP contribution < -0.4 is 5.32 Å². The molecule has 1 heterocycles. The lowest BCUT2D eigenvalue weighted by atomic mass is 10.2. The van der Waals surface area contributed by atoms with Crippen molar-refractivity contribution in [2.24, 2.45) is 0 Å². The molecule has 114 valence electrons. The smallest absolute Gasteiger partial charge is 0.245 e. The minimum Gasteiger partial charge on any atom is -0.294 e. The number of piperazine rings is 1. The number of hydrogen-bond acceptors (Lipinski definition) is 4. The van der Waals surface area contributed by atoms with Crippen LogP contribution in [0.25, 0.3) is 0 Å². The molecule has 1 unspecified atom stereocenters. The highest BCUT2D eigenvalue weighted by molar-refractivity contribution is 9.08. The Labute approximate surface area is 131 Å². The topological polar surface area (TPSA) is 83.6 Å². The number of halogens is 1. The molecule has 6 nitrogen and oxygen atoms in total. The third-order valence-electron chi connectivity index (χ3n) is 3.28. The van der Waals surface area contributed by atoms with E-state index in [1.165, 1.54) is 12.1 Å². The van der Waals surface area contributed by atoms with E-state index in [2.05, 4.69) is 21.2 Å². The Morgan fingerprint density at radius 2 is 1.90 bits per heavy atom. The summed E-state index contributed by atoms with van der Waals surface area (Å²) in [4.78, 5) is 23.3. The second kappa shape index (κ2) is 6.25.